The van der Waals surface area contributed by atoms with Gasteiger partial charge in [-0.1, -0.05) is 29.4 Å². The van der Waals surface area contributed by atoms with Crippen LogP contribution in [0.1, 0.15) is 47.0 Å². The molecule has 0 aliphatic carbocycles. The third-order valence-corrected chi connectivity index (χ3v) is 2.64. The van der Waals surface area contributed by atoms with E-state index < -0.39 is 11.7 Å². The Morgan fingerprint density at radius 2 is 1.94 bits per heavy atom. The number of hydrogen-bond acceptors (Lipinski definition) is 2. The lowest BCUT2D eigenvalue weighted by molar-refractivity contribution is 0.103. The van der Waals surface area contributed by atoms with E-state index in [2.05, 4.69) is 12.7 Å². The van der Waals surface area contributed by atoms with Gasteiger partial charge in [-0.15, -0.1) is 6.58 Å². The zero-order chi connectivity index (χ0) is 13.5. The largest absolute Gasteiger partial charge is 0.389 e. The molecule has 98 valence electrons. The van der Waals surface area contributed by atoms with Gasteiger partial charge in [-0.05, 0) is 47.0 Å². The average Bonchev–Trinajstić information content (AvgIpc) is 2.15. The molecule has 2 atom stereocenters. The molecule has 1 unspecified atom stereocenters. The number of aliphatic hydroxyl groups is 2. The summed E-state index contributed by atoms with van der Waals surface area (Å²) < 4.78 is 0. The molecule has 0 fully saturated rings. The Kier molecular flexibility index (Phi) is 7.09. The van der Waals surface area contributed by atoms with E-state index in [9.17, 15) is 10.2 Å². The maximum atomic E-state index is 9.73. The average molecular weight is 238 g/mol. The summed E-state index contributed by atoms with van der Waals surface area (Å²) in [5, 5.41) is 19.4. The van der Waals surface area contributed by atoms with Gasteiger partial charge >= 0.3 is 0 Å². The highest BCUT2D eigenvalue weighted by atomic mass is 16.3. The number of allylic oxidation sites excluding steroid dienone is 2. The van der Waals surface area contributed by atoms with Crippen molar-refractivity contribution in [3.63, 3.8) is 0 Å². The van der Waals surface area contributed by atoms with E-state index >= 15 is 0 Å². The third-order valence-electron chi connectivity index (χ3n) is 2.64. The summed E-state index contributed by atoms with van der Waals surface area (Å²) in [5.74, 6) is 0. The zero-order valence-electron chi connectivity index (χ0n) is 11.5. The van der Waals surface area contributed by atoms with Gasteiger partial charge in [0.05, 0.1) is 11.7 Å². The van der Waals surface area contributed by atoms with E-state index in [0.29, 0.717) is 12.8 Å². The van der Waals surface area contributed by atoms with Crippen molar-refractivity contribution >= 4 is 0 Å². The van der Waals surface area contributed by atoms with E-state index in [1.54, 1.807) is 13.0 Å². The van der Waals surface area contributed by atoms with Crippen molar-refractivity contribution in [2.45, 2.75) is 58.7 Å². The molecule has 0 aliphatic heterocycles. The fourth-order valence-corrected chi connectivity index (χ4v) is 1.57. The lowest BCUT2D eigenvalue weighted by Gasteiger charge is -2.17. The van der Waals surface area contributed by atoms with Crippen LogP contribution in [0.25, 0.3) is 0 Å². The highest BCUT2D eigenvalue weighted by molar-refractivity contribution is 5.07. The van der Waals surface area contributed by atoms with Gasteiger partial charge in [-0.2, -0.15) is 0 Å². The fraction of sp³-hybridized carbons (Fsp3) is 0.600. The monoisotopic (exact) mass is 238 g/mol. The van der Waals surface area contributed by atoms with Crippen LogP contribution in [0.4, 0.5) is 0 Å². The molecule has 0 amide bonds. The molecule has 0 aromatic carbocycles. The molecule has 0 bridgehead atoms. The predicted octanol–water partition coefficient (Wildman–Crippen LogP) is 3.37. The molecule has 2 heteroatoms. The Bertz CT molecular complexity index is 294. The van der Waals surface area contributed by atoms with Crippen LogP contribution in [0.2, 0.25) is 0 Å². The van der Waals surface area contributed by atoms with Gasteiger partial charge in [0.2, 0.25) is 0 Å². The minimum Gasteiger partial charge on any atom is -0.389 e. The molecule has 0 aromatic rings. The van der Waals surface area contributed by atoms with Crippen LogP contribution in [0, 0.1) is 0 Å². The fourth-order valence-electron chi connectivity index (χ4n) is 1.57. The number of rotatable bonds is 7. The van der Waals surface area contributed by atoms with E-state index in [4.69, 9.17) is 0 Å². The maximum absolute atomic E-state index is 9.73. The number of aliphatic hydroxyl groups excluding tert-OH is 1. The number of hydrogen-bond donors (Lipinski definition) is 2. The van der Waals surface area contributed by atoms with Gasteiger partial charge in [0.1, 0.15) is 0 Å². The second-order valence-electron chi connectivity index (χ2n) is 5.17. The minimum absolute atomic E-state index is 0.406. The summed E-state index contributed by atoms with van der Waals surface area (Å²) in [7, 11) is 0. The van der Waals surface area contributed by atoms with Crippen molar-refractivity contribution in [3.8, 4) is 0 Å². The first kappa shape index (κ1) is 16.1. The lowest BCUT2D eigenvalue weighted by atomic mass is 9.98. The highest BCUT2D eigenvalue weighted by Gasteiger charge is 2.13. The Morgan fingerprint density at radius 3 is 2.41 bits per heavy atom. The Morgan fingerprint density at radius 1 is 1.35 bits per heavy atom. The first-order valence-electron chi connectivity index (χ1n) is 6.11. The summed E-state index contributed by atoms with van der Waals surface area (Å²) in [6.45, 7) is 11.3. The summed E-state index contributed by atoms with van der Waals surface area (Å²) >= 11 is 0. The molecule has 0 aliphatic rings. The zero-order valence-corrected chi connectivity index (χ0v) is 11.5. The molecule has 0 saturated carbocycles. The molecule has 0 radical (unpaired) electrons. The molecule has 0 saturated heterocycles. The van der Waals surface area contributed by atoms with Gasteiger partial charge in [0.15, 0.2) is 0 Å². The van der Waals surface area contributed by atoms with Crippen molar-refractivity contribution in [2.75, 3.05) is 0 Å². The summed E-state index contributed by atoms with van der Waals surface area (Å²) in [5.41, 5.74) is 1.48. The standard InChI is InChI=1S/C15H26O2/c1-6-15(5,17)9-7-8-13(4)11-14(16)10-12(2)3/h6,8,10,14,16-17H,1,7,9,11H2,2-5H3/b13-8+/t14?,15-/m1/s1. The molecule has 2 nitrogen and oxygen atoms in total. The van der Waals surface area contributed by atoms with Crippen molar-refractivity contribution in [3.05, 3.63) is 36.0 Å². The second kappa shape index (κ2) is 7.46. The smallest absolute Gasteiger partial charge is 0.0800 e. The highest BCUT2D eigenvalue weighted by Crippen LogP contribution is 2.15. The third kappa shape index (κ3) is 8.90. The van der Waals surface area contributed by atoms with Crippen LogP contribution >= 0.6 is 0 Å². The van der Waals surface area contributed by atoms with Crippen molar-refractivity contribution in [1.82, 2.24) is 0 Å². The van der Waals surface area contributed by atoms with E-state index in [1.165, 1.54) is 0 Å². The molecule has 2 N–H and O–H groups in total. The molecule has 0 heterocycles. The quantitative estimate of drug-likeness (QED) is 0.668. The van der Waals surface area contributed by atoms with Crippen LogP contribution in [0.5, 0.6) is 0 Å². The van der Waals surface area contributed by atoms with Gasteiger partial charge in [0.25, 0.3) is 0 Å². The van der Waals surface area contributed by atoms with E-state index in [0.717, 1.165) is 17.6 Å². The summed E-state index contributed by atoms with van der Waals surface area (Å²) in [4.78, 5) is 0. The molecule has 0 spiro atoms. The van der Waals surface area contributed by atoms with Crippen molar-refractivity contribution in [1.29, 1.82) is 0 Å². The van der Waals surface area contributed by atoms with Crippen LogP contribution in [0.3, 0.4) is 0 Å². The Balaban J connectivity index is 4.11. The van der Waals surface area contributed by atoms with Crippen LogP contribution in [-0.2, 0) is 0 Å². The molecule has 0 aromatic heterocycles. The Hall–Kier alpha value is -0.860. The van der Waals surface area contributed by atoms with Crippen LogP contribution in [0.15, 0.2) is 36.0 Å². The van der Waals surface area contributed by atoms with Crippen molar-refractivity contribution < 1.29 is 10.2 Å². The second-order valence-corrected chi connectivity index (χ2v) is 5.17. The van der Waals surface area contributed by atoms with Gasteiger partial charge in [-0.25, -0.2) is 0 Å². The van der Waals surface area contributed by atoms with E-state index in [-0.39, 0.29) is 0 Å². The molecular formula is C15H26O2. The first-order valence-corrected chi connectivity index (χ1v) is 6.11. The topological polar surface area (TPSA) is 40.5 Å². The van der Waals surface area contributed by atoms with E-state index in [1.807, 2.05) is 26.8 Å². The Labute approximate surface area is 105 Å². The van der Waals surface area contributed by atoms with Crippen LogP contribution in [-0.4, -0.2) is 21.9 Å². The summed E-state index contributed by atoms with van der Waals surface area (Å²) in [6.07, 6.45) is 7.20. The first-order chi connectivity index (χ1) is 7.76. The van der Waals surface area contributed by atoms with Gasteiger partial charge in [0, 0.05) is 0 Å². The van der Waals surface area contributed by atoms with Gasteiger partial charge < -0.3 is 10.2 Å². The van der Waals surface area contributed by atoms with Crippen LogP contribution < -0.4 is 0 Å². The normalized spacial score (nSPS) is 17.2. The summed E-state index contributed by atoms with van der Waals surface area (Å²) in [6, 6.07) is 0. The van der Waals surface area contributed by atoms with Gasteiger partial charge in [-0.3, -0.25) is 0 Å². The minimum atomic E-state index is -0.796. The lowest BCUT2D eigenvalue weighted by Crippen LogP contribution is -2.19. The predicted molar refractivity (Wildman–Crippen MR) is 73.9 cm³/mol. The van der Waals surface area contributed by atoms with Crippen molar-refractivity contribution in [2.24, 2.45) is 0 Å². The molecular weight excluding hydrogens is 212 g/mol. The maximum Gasteiger partial charge on any atom is 0.0800 e. The molecule has 0 rings (SSSR count). The molecule has 17 heavy (non-hydrogen) atoms. The SMILES string of the molecule is C=C[C@@](C)(O)CC/C=C(\C)CC(O)C=C(C)C.